The Bertz CT molecular complexity index is 1500. The fourth-order valence-electron chi connectivity index (χ4n) is 5.69. The first-order chi connectivity index (χ1) is 20.4. The highest BCUT2D eigenvalue weighted by atomic mass is 32.1. The minimum absolute atomic E-state index is 0.0393. The molecule has 4 heterocycles. The number of fused-ring (bicyclic) bond motifs is 1. The molecule has 0 unspecified atom stereocenters. The normalized spacial score (nSPS) is 21.1. The summed E-state index contributed by atoms with van der Waals surface area (Å²) in [4.78, 5) is 40.7. The number of carboxylic acid groups (broad SMARTS) is 1. The van der Waals surface area contributed by atoms with Gasteiger partial charge in [0.1, 0.15) is 6.04 Å². The number of aliphatic carboxylic acids is 1. The second-order valence-electron chi connectivity index (χ2n) is 11.5. The van der Waals surface area contributed by atoms with E-state index in [0.717, 1.165) is 6.07 Å². The average molecular weight is 633 g/mol. The van der Waals surface area contributed by atoms with Crippen LogP contribution in [0.15, 0.2) is 40.0 Å². The number of hydrogen-bond acceptors (Lipinski definition) is 9. The molecular formula is C29H34F2N6O4S2. The first-order valence-corrected chi connectivity index (χ1v) is 15.3. The smallest absolute Gasteiger partial charge is 0.338 e. The highest BCUT2D eigenvalue weighted by Crippen LogP contribution is 2.36. The fraction of sp³-hybridized carbons (Fsp3) is 0.483. The summed E-state index contributed by atoms with van der Waals surface area (Å²) in [6, 6.07) is 1.59. The molecule has 5 rings (SSSR count). The summed E-state index contributed by atoms with van der Waals surface area (Å²) in [6.07, 6.45) is 1.64. The number of aliphatic imine (C=N–C) groups is 1. The lowest BCUT2D eigenvalue weighted by atomic mass is 9.92. The van der Waals surface area contributed by atoms with Crippen LogP contribution in [0.1, 0.15) is 42.9 Å². The van der Waals surface area contributed by atoms with Crippen LogP contribution in [0.25, 0.3) is 0 Å². The van der Waals surface area contributed by atoms with Crippen molar-refractivity contribution in [3.63, 3.8) is 0 Å². The number of aromatic nitrogens is 1. The SMILES string of the molecule is CCOC(=O)C1=C(CN2CCN3C(=S)N(CC(C)(C)C(=O)O)C[C@@H]3C2)NC(c2nccs2)=N[C@@H]1c1ccc(F)c(F)c1C. The number of thiazole rings is 1. The number of esters is 1. The van der Waals surface area contributed by atoms with Gasteiger partial charge in [-0.15, -0.1) is 11.3 Å². The molecule has 43 heavy (non-hydrogen) atoms. The molecule has 1 aromatic carbocycles. The first-order valence-electron chi connectivity index (χ1n) is 14.0. The van der Waals surface area contributed by atoms with Crippen molar-refractivity contribution in [2.75, 3.05) is 45.9 Å². The third-order valence-corrected chi connectivity index (χ3v) is 9.27. The quantitative estimate of drug-likeness (QED) is 0.316. The molecule has 2 N–H and O–H groups in total. The molecule has 2 atom stereocenters. The summed E-state index contributed by atoms with van der Waals surface area (Å²) in [5, 5.41) is 16.0. The summed E-state index contributed by atoms with van der Waals surface area (Å²) >= 11 is 7.08. The maximum atomic E-state index is 14.8. The number of piperazine rings is 1. The maximum Gasteiger partial charge on any atom is 0.338 e. The highest BCUT2D eigenvalue weighted by Gasteiger charge is 2.42. The summed E-state index contributed by atoms with van der Waals surface area (Å²) < 4.78 is 34.3. The van der Waals surface area contributed by atoms with Crippen LogP contribution < -0.4 is 5.32 Å². The van der Waals surface area contributed by atoms with E-state index in [0.29, 0.717) is 66.5 Å². The molecule has 0 bridgehead atoms. The van der Waals surface area contributed by atoms with Gasteiger partial charge in [0.05, 0.1) is 23.6 Å². The summed E-state index contributed by atoms with van der Waals surface area (Å²) in [5.41, 5.74) is 0.240. The van der Waals surface area contributed by atoms with Crippen LogP contribution in [-0.4, -0.2) is 99.6 Å². The number of carbonyl (C=O) groups excluding carboxylic acids is 1. The number of thiocarbonyl (C=S) groups is 1. The predicted octanol–water partition coefficient (Wildman–Crippen LogP) is 3.34. The van der Waals surface area contributed by atoms with Crippen molar-refractivity contribution in [1.29, 1.82) is 0 Å². The van der Waals surface area contributed by atoms with Crippen molar-refractivity contribution in [2.45, 2.75) is 39.8 Å². The van der Waals surface area contributed by atoms with Gasteiger partial charge in [0.2, 0.25) is 0 Å². The van der Waals surface area contributed by atoms with E-state index in [4.69, 9.17) is 21.9 Å². The fourth-order valence-corrected chi connectivity index (χ4v) is 6.66. The van der Waals surface area contributed by atoms with Crippen molar-refractivity contribution in [1.82, 2.24) is 25.0 Å². The molecule has 0 saturated carbocycles. The maximum absolute atomic E-state index is 14.8. The second kappa shape index (κ2) is 12.2. The van der Waals surface area contributed by atoms with E-state index < -0.39 is 35.0 Å². The van der Waals surface area contributed by atoms with Gasteiger partial charge in [-0.1, -0.05) is 6.07 Å². The van der Waals surface area contributed by atoms with Crippen LogP contribution in [0.4, 0.5) is 8.78 Å². The molecule has 0 amide bonds. The Morgan fingerprint density at radius 1 is 1.26 bits per heavy atom. The number of nitrogens with one attached hydrogen (secondary N) is 1. The van der Waals surface area contributed by atoms with Crippen LogP contribution in [0, 0.1) is 24.0 Å². The Kier molecular flexibility index (Phi) is 8.82. The Morgan fingerprint density at radius 2 is 2.02 bits per heavy atom. The molecule has 230 valence electrons. The lowest BCUT2D eigenvalue weighted by molar-refractivity contribution is -0.147. The van der Waals surface area contributed by atoms with E-state index in [1.165, 1.54) is 24.3 Å². The minimum atomic E-state index is -0.990. The van der Waals surface area contributed by atoms with Gasteiger partial charge in [0, 0.05) is 56.5 Å². The zero-order valence-corrected chi connectivity index (χ0v) is 26.0. The van der Waals surface area contributed by atoms with Crippen molar-refractivity contribution in [2.24, 2.45) is 10.4 Å². The Hall–Kier alpha value is -3.49. The average Bonchev–Trinajstić information content (AvgIpc) is 3.60. The van der Waals surface area contributed by atoms with Crippen LogP contribution in [0.5, 0.6) is 0 Å². The highest BCUT2D eigenvalue weighted by molar-refractivity contribution is 7.80. The standard InChI is InChI=1S/C29H34F2N6O4S2/c1-5-41-26(38)21-20(14-35-9-10-37-17(12-35)13-36(28(37)42)15-29(3,4)27(39)40)33-24(25-32-8-11-43-25)34-23(21)18-6-7-19(30)22(31)16(18)2/h6-8,11,17,23H,5,9-10,12-15H2,1-4H3,(H,33,34)(H,39,40)/t17-,23+/m0/s1. The molecular weight excluding hydrogens is 598 g/mol. The monoisotopic (exact) mass is 632 g/mol. The van der Waals surface area contributed by atoms with Gasteiger partial charge in [-0.25, -0.2) is 18.6 Å². The van der Waals surface area contributed by atoms with E-state index in [-0.39, 0.29) is 23.8 Å². The molecule has 3 aliphatic heterocycles. The number of rotatable bonds is 9. The van der Waals surface area contributed by atoms with Gasteiger partial charge in [-0.2, -0.15) is 0 Å². The Balaban J connectivity index is 1.47. The third-order valence-electron chi connectivity index (χ3n) is 7.99. The van der Waals surface area contributed by atoms with Gasteiger partial charge in [-0.05, 0) is 57.1 Å². The van der Waals surface area contributed by atoms with Crippen LogP contribution in [-0.2, 0) is 14.3 Å². The van der Waals surface area contributed by atoms with Crippen molar-refractivity contribution >= 4 is 46.4 Å². The molecule has 10 nitrogen and oxygen atoms in total. The number of amidine groups is 1. The molecule has 0 radical (unpaired) electrons. The van der Waals surface area contributed by atoms with E-state index >= 15 is 0 Å². The number of benzene rings is 1. The molecule has 14 heteroatoms. The van der Waals surface area contributed by atoms with Gasteiger partial charge in [0.15, 0.2) is 27.6 Å². The lowest BCUT2D eigenvalue weighted by Crippen LogP contribution is -2.53. The number of ether oxygens (including phenoxy) is 1. The van der Waals surface area contributed by atoms with Gasteiger partial charge >= 0.3 is 11.9 Å². The molecule has 2 fully saturated rings. The largest absolute Gasteiger partial charge is 0.481 e. The van der Waals surface area contributed by atoms with Gasteiger partial charge in [-0.3, -0.25) is 14.7 Å². The van der Waals surface area contributed by atoms with Crippen molar-refractivity contribution < 1.29 is 28.2 Å². The van der Waals surface area contributed by atoms with E-state index in [1.54, 1.807) is 32.3 Å². The van der Waals surface area contributed by atoms with Gasteiger partial charge in [0.25, 0.3) is 0 Å². The van der Waals surface area contributed by atoms with Crippen LogP contribution in [0.2, 0.25) is 0 Å². The van der Waals surface area contributed by atoms with E-state index in [2.05, 4.69) is 20.1 Å². The zero-order chi connectivity index (χ0) is 31.1. The van der Waals surface area contributed by atoms with E-state index in [9.17, 15) is 23.5 Å². The molecule has 2 aromatic rings. The molecule has 1 aromatic heterocycles. The zero-order valence-electron chi connectivity index (χ0n) is 24.4. The number of hydrogen-bond donors (Lipinski definition) is 2. The Morgan fingerprint density at radius 3 is 2.70 bits per heavy atom. The summed E-state index contributed by atoms with van der Waals surface area (Å²) in [6.45, 7) is 9.78. The van der Waals surface area contributed by atoms with Crippen LogP contribution >= 0.6 is 23.6 Å². The Labute approximate surface area is 258 Å². The topological polar surface area (TPSA) is 111 Å². The van der Waals surface area contributed by atoms with Crippen LogP contribution in [0.3, 0.4) is 0 Å². The van der Waals surface area contributed by atoms with Gasteiger partial charge < -0.3 is 25.0 Å². The summed E-state index contributed by atoms with van der Waals surface area (Å²) in [7, 11) is 0. The van der Waals surface area contributed by atoms with E-state index in [1.807, 2.05) is 4.90 Å². The number of halogens is 2. The van der Waals surface area contributed by atoms with Crippen molar-refractivity contribution in [3.8, 4) is 0 Å². The first kappa shape index (κ1) is 31.0. The number of carboxylic acids is 1. The third kappa shape index (κ3) is 6.13. The summed E-state index contributed by atoms with van der Waals surface area (Å²) in [5.74, 6) is -3.02. The number of carbonyl (C=O) groups is 2. The lowest BCUT2D eigenvalue weighted by Gasteiger charge is -2.38. The minimum Gasteiger partial charge on any atom is -0.481 e. The molecule has 0 spiro atoms. The molecule has 0 aliphatic carbocycles. The predicted molar refractivity (Wildman–Crippen MR) is 162 cm³/mol. The van der Waals surface area contributed by atoms with Crippen molar-refractivity contribution in [3.05, 3.63) is 62.7 Å². The number of nitrogens with zero attached hydrogens (tertiary/aromatic N) is 5. The molecule has 3 aliphatic rings. The second-order valence-corrected chi connectivity index (χ2v) is 12.7. The molecule has 2 saturated heterocycles.